The first kappa shape index (κ1) is 22.0. The molecular weight excluding hydrogens is 416 g/mol. The van der Waals surface area contributed by atoms with E-state index in [-0.39, 0.29) is 25.5 Å². The van der Waals surface area contributed by atoms with Crippen LogP contribution < -0.4 is 5.49 Å². The Balaban J connectivity index is 3.90. The van der Waals surface area contributed by atoms with Crippen LogP contribution in [0.4, 0.5) is 26.3 Å². The molecule has 0 bridgehead atoms. The molecule has 1 rings (SSSR count). The molecule has 0 radical (unpaired) electrons. The van der Waals surface area contributed by atoms with E-state index in [0.717, 1.165) is 0 Å². The monoisotopic (exact) mass is 425 g/mol. The lowest BCUT2D eigenvalue weighted by Crippen LogP contribution is -2.36. The zero-order valence-corrected chi connectivity index (χ0v) is 14.0. The van der Waals surface area contributed by atoms with Crippen molar-refractivity contribution < 1.29 is 43.2 Å². The lowest BCUT2D eigenvalue weighted by atomic mass is 10.3. The third-order valence-electron chi connectivity index (χ3n) is 2.99. The number of aryl methyl sites for hydroxylation is 1. The van der Waals surface area contributed by atoms with Gasteiger partial charge in [-0.05, 0) is 12.5 Å². The van der Waals surface area contributed by atoms with Crippen molar-refractivity contribution >= 4 is 19.7 Å². The van der Waals surface area contributed by atoms with Crippen LogP contribution in [0.2, 0.25) is 0 Å². The number of alkyl halides is 6. The van der Waals surface area contributed by atoms with Crippen molar-refractivity contribution in [1.82, 2.24) is 4.57 Å². The molecule has 1 aromatic rings. The topological polar surface area (TPSA) is 121 Å². The highest BCUT2D eigenvalue weighted by Crippen LogP contribution is 2.37. The van der Waals surface area contributed by atoms with Gasteiger partial charge in [-0.1, -0.05) is 0 Å². The first-order valence-corrected chi connectivity index (χ1v) is 9.33. The SMILES string of the molecule is N#CCCCn1ccc(S(=O)(=O)C(F)(F)F)c(S(=O)(=O)C(F)(F)F)c1=N. The smallest absolute Gasteiger partial charge is 0.332 e. The summed E-state index contributed by atoms with van der Waals surface area (Å²) in [5.74, 6) is 0. The lowest BCUT2D eigenvalue weighted by molar-refractivity contribution is -0.0457. The molecule has 0 amide bonds. The van der Waals surface area contributed by atoms with Crippen LogP contribution in [-0.2, 0) is 26.2 Å². The highest BCUT2D eigenvalue weighted by molar-refractivity contribution is 7.95. The summed E-state index contributed by atoms with van der Waals surface area (Å²) in [5.41, 5.74) is -13.8. The van der Waals surface area contributed by atoms with Crippen LogP contribution in [-0.4, -0.2) is 32.4 Å². The van der Waals surface area contributed by atoms with Gasteiger partial charge < -0.3 is 4.57 Å². The molecule has 0 unspecified atom stereocenters. The van der Waals surface area contributed by atoms with E-state index >= 15 is 0 Å². The molecule has 7 nitrogen and oxygen atoms in total. The Kier molecular flexibility index (Phi) is 5.84. The largest absolute Gasteiger partial charge is 0.502 e. The van der Waals surface area contributed by atoms with Crippen LogP contribution in [0.1, 0.15) is 12.8 Å². The maximum Gasteiger partial charge on any atom is 0.502 e. The van der Waals surface area contributed by atoms with Gasteiger partial charge in [-0.15, -0.1) is 0 Å². The summed E-state index contributed by atoms with van der Waals surface area (Å²) in [6, 6.07) is 1.70. The average Bonchev–Trinajstić information content (AvgIpc) is 2.46. The molecule has 0 aliphatic rings. The number of halogens is 6. The van der Waals surface area contributed by atoms with E-state index in [1.165, 1.54) is 0 Å². The number of aromatic nitrogens is 1. The zero-order chi connectivity index (χ0) is 20.6. The summed E-state index contributed by atoms with van der Waals surface area (Å²) in [6.07, 6.45) is 0.327. The van der Waals surface area contributed by atoms with Crippen molar-refractivity contribution in [1.29, 1.82) is 10.7 Å². The van der Waals surface area contributed by atoms with Crippen molar-refractivity contribution in [2.75, 3.05) is 0 Å². The number of hydrogen-bond donors (Lipinski definition) is 1. The van der Waals surface area contributed by atoms with Gasteiger partial charge in [0.25, 0.3) is 19.7 Å². The second kappa shape index (κ2) is 6.91. The molecule has 1 aromatic heterocycles. The Morgan fingerprint density at radius 2 is 1.54 bits per heavy atom. The molecule has 0 saturated carbocycles. The summed E-state index contributed by atoms with van der Waals surface area (Å²) < 4.78 is 123. The number of hydrogen-bond acceptors (Lipinski definition) is 6. The van der Waals surface area contributed by atoms with Gasteiger partial charge in [-0.2, -0.15) is 31.6 Å². The molecule has 0 atom stereocenters. The fourth-order valence-electron chi connectivity index (χ4n) is 1.78. The number of unbranched alkanes of at least 4 members (excludes halogenated alkanes) is 1. The van der Waals surface area contributed by atoms with Gasteiger partial charge in [0.15, 0.2) is 0 Å². The number of sulfone groups is 2. The lowest BCUT2D eigenvalue weighted by Gasteiger charge is -2.17. The zero-order valence-electron chi connectivity index (χ0n) is 12.4. The third kappa shape index (κ3) is 3.85. The molecule has 0 fully saturated rings. The van der Waals surface area contributed by atoms with Gasteiger partial charge in [0.1, 0.15) is 15.3 Å². The van der Waals surface area contributed by atoms with Crippen molar-refractivity contribution in [2.24, 2.45) is 0 Å². The number of nitrogens with one attached hydrogen (secondary N) is 1. The third-order valence-corrected chi connectivity index (χ3v) is 6.21. The Labute approximate surface area is 142 Å². The van der Waals surface area contributed by atoms with Crippen LogP contribution >= 0.6 is 0 Å². The maximum atomic E-state index is 12.8. The molecule has 0 spiro atoms. The van der Waals surface area contributed by atoms with Gasteiger partial charge in [-0.25, -0.2) is 16.8 Å². The van der Waals surface area contributed by atoms with E-state index < -0.39 is 46.0 Å². The quantitative estimate of drug-likeness (QED) is 0.570. The van der Waals surface area contributed by atoms with Gasteiger partial charge in [0.05, 0.1) is 6.07 Å². The van der Waals surface area contributed by atoms with E-state index in [4.69, 9.17) is 10.7 Å². The van der Waals surface area contributed by atoms with Crippen LogP contribution in [0.25, 0.3) is 0 Å². The first-order valence-electron chi connectivity index (χ1n) is 6.36. The molecule has 26 heavy (non-hydrogen) atoms. The Morgan fingerprint density at radius 1 is 1.04 bits per heavy atom. The summed E-state index contributed by atoms with van der Waals surface area (Å²) in [6.45, 7) is -0.390. The van der Waals surface area contributed by atoms with E-state index in [0.29, 0.717) is 10.8 Å². The molecule has 0 aromatic carbocycles. The molecular formula is C11H9F6N3O4S2. The van der Waals surface area contributed by atoms with Gasteiger partial charge in [0, 0.05) is 19.2 Å². The maximum absolute atomic E-state index is 12.8. The predicted molar refractivity (Wildman–Crippen MR) is 71.6 cm³/mol. The molecule has 0 saturated heterocycles. The van der Waals surface area contributed by atoms with E-state index in [9.17, 15) is 43.2 Å². The van der Waals surface area contributed by atoms with Crippen molar-refractivity contribution in [3.63, 3.8) is 0 Å². The van der Waals surface area contributed by atoms with Crippen LogP contribution in [0, 0.1) is 16.7 Å². The molecule has 15 heteroatoms. The van der Waals surface area contributed by atoms with Crippen molar-refractivity contribution in [3.8, 4) is 6.07 Å². The number of nitriles is 1. The van der Waals surface area contributed by atoms with Crippen molar-refractivity contribution in [3.05, 3.63) is 17.8 Å². The number of pyridine rings is 1. The van der Waals surface area contributed by atoms with E-state index in [1.54, 1.807) is 6.07 Å². The standard InChI is InChI=1S/C11H9F6N3O4S2/c12-10(13,14)25(21,22)7-3-6-20(5-2-1-4-18)9(19)8(7)26(23,24)11(15,16)17/h3,6,19H,1-2,5H2. The fourth-order valence-corrected chi connectivity index (χ4v) is 4.21. The number of rotatable bonds is 5. The second-order valence-electron chi connectivity index (χ2n) is 4.71. The summed E-state index contributed by atoms with van der Waals surface area (Å²) in [5, 5.41) is 15.9. The first-order chi connectivity index (χ1) is 11.6. The van der Waals surface area contributed by atoms with Crippen LogP contribution in [0.5, 0.6) is 0 Å². The van der Waals surface area contributed by atoms with Gasteiger partial charge >= 0.3 is 11.0 Å². The summed E-state index contributed by atoms with van der Waals surface area (Å²) in [4.78, 5) is -4.51. The normalized spacial score (nSPS) is 13.4. The molecule has 146 valence electrons. The van der Waals surface area contributed by atoms with Gasteiger partial charge in [-0.3, -0.25) is 5.41 Å². The molecule has 0 aliphatic heterocycles. The average molecular weight is 425 g/mol. The highest BCUT2D eigenvalue weighted by Gasteiger charge is 2.54. The van der Waals surface area contributed by atoms with Crippen molar-refractivity contribution in [2.45, 2.75) is 40.2 Å². The predicted octanol–water partition coefficient (Wildman–Crippen LogP) is 1.86. The van der Waals surface area contributed by atoms with E-state index in [2.05, 4.69) is 0 Å². The van der Waals surface area contributed by atoms with Gasteiger partial charge in [0.2, 0.25) is 0 Å². The van der Waals surface area contributed by atoms with E-state index in [1.807, 2.05) is 0 Å². The Hall–Kier alpha value is -2.08. The minimum atomic E-state index is -6.59. The Morgan fingerprint density at radius 3 is 1.96 bits per heavy atom. The summed E-state index contributed by atoms with van der Waals surface area (Å²) >= 11 is 0. The Bertz CT molecular complexity index is 1000. The number of nitrogens with zero attached hydrogens (tertiary/aromatic N) is 2. The fraction of sp³-hybridized carbons (Fsp3) is 0.455. The second-order valence-corrected chi connectivity index (χ2v) is 8.50. The highest BCUT2D eigenvalue weighted by atomic mass is 32.2. The molecule has 1 N–H and O–H groups in total. The minimum Gasteiger partial charge on any atom is -0.332 e. The summed E-state index contributed by atoms with van der Waals surface area (Å²) in [7, 11) is -13.1. The molecule has 1 heterocycles. The minimum absolute atomic E-state index is 0.0336. The van der Waals surface area contributed by atoms with Crippen LogP contribution in [0.15, 0.2) is 22.1 Å². The van der Waals surface area contributed by atoms with Crippen LogP contribution in [0.3, 0.4) is 0 Å². The molecule has 0 aliphatic carbocycles.